The Morgan fingerprint density at radius 1 is 1.22 bits per heavy atom. The number of hydrogen-bond acceptors (Lipinski definition) is 3. The van der Waals surface area contributed by atoms with Gasteiger partial charge in [0.1, 0.15) is 5.82 Å². The van der Waals surface area contributed by atoms with Gasteiger partial charge >= 0.3 is 0 Å². The normalized spacial score (nSPS) is 16.3. The van der Waals surface area contributed by atoms with E-state index < -0.39 is 0 Å². The number of carbonyl (C=O) groups is 1. The van der Waals surface area contributed by atoms with Gasteiger partial charge in [-0.3, -0.25) is 9.69 Å². The largest absolute Gasteiger partial charge is 0.342 e. The minimum Gasteiger partial charge on any atom is -0.342 e. The predicted octanol–water partition coefficient (Wildman–Crippen LogP) is 2.07. The Morgan fingerprint density at radius 2 is 2.09 bits per heavy atom. The lowest BCUT2D eigenvalue weighted by Gasteiger charge is -2.20. The molecule has 0 bridgehead atoms. The minimum absolute atomic E-state index is 0.141. The van der Waals surface area contributed by atoms with Crippen LogP contribution in [0.1, 0.15) is 19.0 Å². The lowest BCUT2D eigenvalue weighted by molar-refractivity contribution is -0.128. The highest BCUT2D eigenvalue weighted by Gasteiger charge is 2.17. The molecule has 2 aromatic rings. The molecule has 2 heterocycles. The molecule has 1 aliphatic rings. The predicted molar refractivity (Wildman–Crippen MR) is 85.7 cm³/mol. The minimum atomic E-state index is -0.267. The van der Waals surface area contributed by atoms with Crippen LogP contribution < -0.4 is 0 Å². The number of carbonyl (C=O) groups excluding carboxylic acids is 1. The molecule has 0 saturated carbocycles. The van der Waals surface area contributed by atoms with Crippen molar-refractivity contribution in [3.05, 3.63) is 48.0 Å². The highest BCUT2D eigenvalue weighted by Crippen LogP contribution is 2.12. The van der Waals surface area contributed by atoms with E-state index in [9.17, 15) is 9.18 Å². The van der Waals surface area contributed by atoms with Crippen molar-refractivity contribution >= 4 is 5.91 Å². The lowest BCUT2D eigenvalue weighted by atomic mass is 10.3. The van der Waals surface area contributed by atoms with Gasteiger partial charge in [-0.15, -0.1) is 0 Å². The van der Waals surface area contributed by atoms with E-state index in [1.807, 2.05) is 23.2 Å². The van der Waals surface area contributed by atoms with Gasteiger partial charge in [-0.05, 0) is 30.7 Å². The molecular weight excluding hydrogens is 295 g/mol. The summed E-state index contributed by atoms with van der Waals surface area (Å²) >= 11 is 0. The Morgan fingerprint density at radius 3 is 2.87 bits per heavy atom. The van der Waals surface area contributed by atoms with Crippen molar-refractivity contribution in [2.24, 2.45) is 0 Å². The van der Waals surface area contributed by atoms with Crippen LogP contribution in [0.4, 0.5) is 4.39 Å². The van der Waals surface area contributed by atoms with E-state index in [0.29, 0.717) is 0 Å². The quantitative estimate of drug-likeness (QED) is 0.870. The molecule has 1 amide bonds. The van der Waals surface area contributed by atoms with E-state index in [1.54, 1.807) is 17.7 Å². The molecule has 0 spiro atoms. The first-order valence-corrected chi connectivity index (χ1v) is 7.90. The van der Waals surface area contributed by atoms with Gasteiger partial charge in [-0.25, -0.2) is 9.07 Å². The third-order valence-corrected chi connectivity index (χ3v) is 4.14. The topological polar surface area (TPSA) is 41.4 Å². The van der Waals surface area contributed by atoms with Gasteiger partial charge in [0.15, 0.2) is 0 Å². The number of hydrogen-bond donors (Lipinski definition) is 0. The number of benzene rings is 1. The Hall–Kier alpha value is -2.21. The van der Waals surface area contributed by atoms with Crippen LogP contribution in [0.5, 0.6) is 0 Å². The summed E-state index contributed by atoms with van der Waals surface area (Å²) in [7, 11) is 0. The van der Waals surface area contributed by atoms with Crippen molar-refractivity contribution in [3.8, 4) is 5.69 Å². The standard InChI is InChI=1S/C17H21FN4O/c1-14(23)21-8-3-7-20(10-11-21)13-16-6-9-22(19-16)17-5-2-4-15(18)12-17/h2,4-6,9,12H,3,7-8,10-11,13H2,1H3. The van der Waals surface area contributed by atoms with Crippen molar-refractivity contribution in [1.82, 2.24) is 19.6 Å². The zero-order chi connectivity index (χ0) is 16.2. The molecule has 1 fully saturated rings. The van der Waals surface area contributed by atoms with Crippen LogP contribution in [0.3, 0.4) is 0 Å². The van der Waals surface area contributed by atoms with Gasteiger partial charge in [-0.2, -0.15) is 5.10 Å². The summed E-state index contributed by atoms with van der Waals surface area (Å²) in [6, 6.07) is 8.35. The molecule has 1 aliphatic heterocycles. The van der Waals surface area contributed by atoms with Crippen LogP contribution >= 0.6 is 0 Å². The summed E-state index contributed by atoms with van der Waals surface area (Å²) in [6.45, 7) is 5.76. The monoisotopic (exact) mass is 316 g/mol. The van der Waals surface area contributed by atoms with Crippen LogP contribution in [0.25, 0.3) is 5.69 Å². The average molecular weight is 316 g/mol. The summed E-state index contributed by atoms with van der Waals surface area (Å²) in [5, 5.41) is 4.53. The van der Waals surface area contributed by atoms with E-state index >= 15 is 0 Å². The molecule has 6 heteroatoms. The molecule has 23 heavy (non-hydrogen) atoms. The SMILES string of the molecule is CC(=O)N1CCCN(Cc2ccn(-c3cccc(F)c3)n2)CC1. The maximum absolute atomic E-state index is 13.3. The molecule has 5 nitrogen and oxygen atoms in total. The molecule has 0 radical (unpaired) electrons. The van der Waals surface area contributed by atoms with E-state index in [0.717, 1.165) is 50.5 Å². The summed E-state index contributed by atoms with van der Waals surface area (Å²) in [5.74, 6) is -0.126. The third-order valence-electron chi connectivity index (χ3n) is 4.14. The van der Waals surface area contributed by atoms with Crippen molar-refractivity contribution in [1.29, 1.82) is 0 Å². The van der Waals surface area contributed by atoms with Crippen molar-refractivity contribution in [2.75, 3.05) is 26.2 Å². The van der Waals surface area contributed by atoms with Gasteiger partial charge in [0.25, 0.3) is 0 Å². The first kappa shape index (κ1) is 15.7. The second kappa shape index (κ2) is 6.91. The fraction of sp³-hybridized carbons (Fsp3) is 0.412. The Balaban J connectivity index is 1.64. The number of halogens is 1. The van der Waals surface area contributed by atoms with Crippen LogP contribution in [0.2, 0.25) is 0 Å². The van der Waals surface area contributed by atoms with Gasteiger partial charge in [-0.1, -0.05) is 6.07 Å². The maximum atomic E-state index is 13.3. The molecule has 122 valence electrons. The summed E-state index contributed by atoms with van der Waals surface area (Å²) in [4.78, 5) is 15.7. The zero-order valence-electron chi connectivity index (χ0n) is 13.3. The fourth-order valence-corrected chi connectivity index (χ4v) is 2.88. The highest BCUT2D eigenvalue weighted by molar-refractivity contribution is 5.73. The van der Waals surface area contributed by atoms with Gasteiger partial charge < -0.3 is 4.90 Å². The van der Waals surface area contributed by atoms with Gasteiger partial charge in [0.05, 0.1) is 11.4 Å². The molecule has 3 rings (SSSR count). The third kappa shape index (κ3) is 3.96. The Kier molecular flexibility index (Phi) is 4.71. The first-order chi connectivity index (χ1) is 11.1. The molecule has 1 aromatic heterocycles. The molecule has 0 unspecified atom stereocenters. The Bertz CT molecular complexity index is 685. The molecule has 0 N–H and O–H groups in total. The molecule has 1 aromatic carbocycles. The van der Waals surface area contributed by atoms with Gasteiger partial charge in [0.2, 0.25) is 5.91 Å². The highest BCUT2D eigenvalue weighted by atomic mass is 19.1. The molecule has 0 aliphatic carbocycles. The van der Waals surface area contributed by atoms with Crippen LogP contribution in [0, 0.1) is 5.82 Å². The Labute approximate surface area is 135 Å². The second-order valence-electron chi connectivity index (χ2n) is 5.87. The zero-order valence-corrected chi connectivity index (χ0v) is 13.3. The smallest absolute Gasteiger partial charge is 0.219 e. The van der Waals surface area contributed by atoms with Crippen molar-refractivity contribution in [2.45, 2.75) is 19.9 Å². The van der Waals surface area contributed by atoms with Crippen LogP contribution in [-0.2, 0) is 11.3 Å². The lowest BCUT2D eigenvalue weighted by Crippen LogP contribution is -2.33. The summed E-state index contributed by atoms with van der Waals surface area (Å²) in [6.07, 6.45) is 2.83. The number of nitrogens with zero attached hydrogens (tertiary/aromatic N) is 4. The van der Waals surface area contributed by atoms with E-state index in [2.05, 4.69) is 10.00 Å². The van der Waals surface area contributed by atoms with Crippen molar-refractivity contribution < 1.29 is 9.18 Å². The number of amides is 1. The number of rotatable bonds is 3. The fourth-order valence-electron chi connectivity index (χ4n) is 2.88. The maximum Gasteiger partial charge on any atom is 0.219 e. The van der Waals surface area contributed by atoms with E-state index in [4.69, 9.17) is 0 Å². The second-order valence-corrected chi connectivity index (χ2v) is 5.87. The first-order valence-electron chi connectivity index (χ1n) is 7.90. The molecule has 0 atom stereocenters. The average Bonchev–Trinajstić information content (AvgIpc) is 2.85. The van der Waals surface area contributed by atoms with E-state index in [-0.39, 0.29) is 11.7 Å². The summed E-state index contributed by atoms with van der Waals surface area (Å²) < 4.78 is 15.0. The van der Waals surface area contributed by atoms with Crippen LogP contribution in [0.15, 0.2) is 36.5 Å². The summed E-state index contributed by atoms with van der Waals surface area (Å²) in [5.41, 5.74) is 1.67. The van der Waals surface area contributed by atoms with Gasteiger partial charge in [0, 0.05) is 45.8 Å². The van der Waals surface area contributed by atoms with E-state index in [1.165, 1.54) is 12.1 Å². The number of aromatic nitrogens is 2. The molecule has 1 saturated heterocycles. The van der Waals surface area contributed by atoms with Crippen molar-refractivity contribution in [3.63, 3.8) is 0 Å². The van der Waals surface area contributed by atoms with Crippen LogP contribution in [-0.4, -0.2) is 51.7 Å². The molecular formula is C17H21FN4O.